The smallest absolute Gasteiger partial charge is 0.243 e. The van der Waals surface area contributed by atoms with E-state index < -0.39 is 10.0 Å². The topological polar surface area (TPSA) is 55.2 Å². The zero-order valence-corrected chi connectivity index (χ0v) is 13.0. The van der Waals surface area contributed by atoms with Gasteiger partial charge in [0.05, 0.1) is 10.6 Å². The Morgan fingerprint density at radius 2 is 1.95 bits per heavy atom. The first-order valence-corrected chi connectivity index (χ1v) is 8.47. The highest BCUT2D eigenvalue weighted by Crippen LogP contribution is 2.30. The van der Waals surface area contributed by atoms with Crippen molar-refractivity contribution in [3.8, 4) is 0 Å². The second-order valence-corrected chi connectivity index (χ2v) is 7.45. The molecule has 0 saturated carbocycles. The Balaban J connectivity index is 1.83. The van der Waals surface area contributed by atoms with E-state index in [1.807, 2.05) is 30.8 Å². The zero-order valence-electron chi connectivity index (χ0n) is 12.2. The van der Waals surface area contributed by atoms with E-state index in [2.05, 4.69) is 4.98 Å². The summed E-state index contributed by atoms with van der Waals surface area (Å²) in [6.45, 7) is 3.01. The summed E-state index contributed by atoms with van der Waals surface area (Å²) < 4.78 is 28.8. The molecule has 1 aliphatic heterocycles. The molecule has 6 heteroatoms. The molecule has 112 valence electrons. The van der Waals surface area contributed by atoms with E-state index in [0.717, 1.165) is 17.9 Å². The number of nitrogens with zero attached hydrogens (tertiary/aromatic N) is 3. The predicted molar refractivity (Wildman–Crippen MR) is 80.5 cm³/mol. The lowest BCUT2D eigenvalue weighted by atomic mass is 10.1. The lowest BCUT2D eigenvalue weighted by Crippen LogP contribution is -2.28. The largest absolute Gasteiger partial charge is 0.337 e. The number of sulfonamides is 1. The number of benzene rings is 1. The van der Waals surface area contributed by atoms with Gasteiger partial charge < -0.3 is 4.57 Å². The lowest BCUT2D eigenvalue weighted by molar-refractivity contribution is 0.470. The molecule has 1 fully saturated rings. The van der Waals surface area contributed by atoms with Crippen LogP contribution >= 0.6 is 0 Å². The molecule has 0 radical (unpaired) electrons. The van der Waals surface area contributed by atoms with E-state index in [1.54, 1.807) is 28.6 Å². The average Bonchev–Trinajstić information content (AvgIpc) is 3.06. The van der Waals surface area contributed by atoms with Crippen molar-refractivity contribution in [2.24, 2.45) is 7.05 Å². The van der Waals surface area contributed by atoms with Gasteiger partial charge in [-0.15, -0.1) is 0 Å². The van der Waals surface area contributed by atoms with Crippen LogP contribution < -0.4 is 0 Å². The van der Waals surface area contributed by atoms with Gasteiger partial charge in [-0.3, -0.25) is 0 Å². The molecule has 1 atom stereocenters. The van der Waals surface area contributed by atoms with Crippen molar-refractivity contribution in [2.75, 3.05) is 13.1 Å². The maximum atomic E-state index is 12.6. The third-order valence-corrected chi connectivity index (χ3v) is 5.81. The summed E-state index contributed by atoms with van der Waals surface area (Å²) >= 11 is 0. The van der Waals surface area contributed by atoms with E-state index in [0.29, 0.717) is 18.0 Å². The van der Waals surface area contributed by atoms with Crippen LogP contribution in [0, 0.1) is 6.92 Å². The molecule has 0 spiro atoms. The highest BCUT2D eigenvalue weighted by molar-refractivity contribution is 7.89. The first kappa shape index (κ1) is 14.3. The second kappa shape index (κ2) is 5.27. The van der Waals surface area contributed by atoms with Gasteiger partial charge in [-0.25, -0.2) is 13.4 Å². The molecule has 2 heterocycles. The van der Waals surface area contributed by atoms with Crippen LogP contribution in [0.3, 0.4) is 0 Å². The Morgan fingerprint density at radius 1 is 1.24 bits per heavy atom. The molecule has 21 heavy (non-hydrogen) atoms. The molecule has 2 aromatic rings. The first-order valence-electron chi connectivity index (χ1n) is 7.03. The molecule has 3 rings (SSSR count). The normalized spacial score (nSPS) is 20.0. The minimum atomic E-state index is -3.39. The molecule has 0 N–H and O–H groups in total. The van der Waals surface area contributed by atoms with E-state index in [9.17, 15) is 8.42 Å². The summed E-state index contributed by atoms with van der Waals surface area (Å²) in [5.41, 5.74) is 0.969. The molecule has 0 amide bonds. The van der Waals surface area contributed by atoms with Gasteiger partial charge in [-0.1, -0.05) is 18.2 Å². The Kier molecular flexibility index (Phi) is 3.59. The van der Waals surface area contributed by atoms with Crippen LogP contribution in [0.25, 0.3) is 0 Å². The molecule has 1 aromatic carbocycles. The van der Waals surface area contributed by atoms with Crippen LogP contribution in [-0.4, -0.2) is 35.4 Å². The number of aryl methyl sites for hydroxylation is 2. The van der Waals surface area contributed by atoms with E-state index >= 15 is 0 Å². The van der Waals surface area contributed by atoms with Gasteiger partial charge in [0.2, 0.25) is 10.0 Å². The molecule has 0 bridgehead atoms. The minimum absolute atomic E-state index is 0.169. The summed E-state index contributed by atoms with van der Waals surface area (Å²) in [6, 6.07) is 8.62. The van der Waals surface area contributed by atoms with Gasteiger partial charge >= 0.3 is 0 Å². The fraction of sp³-hybridized carbons (Fsp3) is 0.400. The molecule has 5 nitrogen and oxygen atoms in total. The predicted octanol–water partition coefficient (Wildman–Crippen LogP) is 1.91. The molecule has 0 aliphatic carbocycles. The van der Waals surface area contributed by atoms with Gasteiger partial charge in [0.1, 0.15) is 5.82 Å². The van der Waals surface area contributed by atoms with Gasteiger partial charge in [0, 0.05) is 32.3 Å². The highest BCUT2D eigenvalue weighted by Gasteiger charge is 2.34. The first-order chi connectivity index (χ1) is 9.98. The summed E-state index contributed by atoms with van der Waals surface area (Å²) in [6.07, 6.45) is 2.79. The van der Waals surface area contributed by atoms with Crippen LogP contribution in [0.2, 0.25) is 0 Å². The molecule has 1 saturated heterocycles. The van der Waals surface area contributed by atoms with Crippen LogP contribution in [-0.2, 0) is 17.1 Å². The summed E-state index contributed by atoms with van der Waals surface area (Å²) in [5.74, 6) is 1.14. The molecular formula is C15H19N3O2S. The van der Waals surface area contributed by atoms with Crippen LogP contribution in [0.4, 0.5) is 0 Å². The second-order valence-electron chi connectivity index (χ2n) is 5.51. The van der Waals surface area contributed by atoms with Crippen LogP contribution in [0.1, 0.15) is 23.9 Å². The number of hydrogen-bond acceptors (Lipinski definition) is 3. The van der Waals surface area contributed by atoms with Gasteiger partial charge in [-0.05, 0) is 25.5 Å². The summed E-state index contributed by atoms with van der Waals surface area (Å²) in [7, 11) is -1.43. The Hall–Kier alpha value is -1.66. The number of hydrogen-bond donors (Lipinski definition) is 0. The van der Waals surface area contributed by atoms with Gasteiger partial charge in [0.25, 0.3) is 0 Å². The number of imidazole rings is 1. The lowest BCUT2D eigenvalue weighted by Gasteiger charge is -2.16. The van der Waals surface area contributed by atoms with Crippen molar-refractivity contribution in [1.82, 2.24) is 13.9 Å². The summed E-state index contributed by atoms with van der Waals surface area (Å²) in [5, 5.41) is 0. The van der Waals surface area contributed by atoms with Crippen LogP contribution in [0.5, 0.6) is 0 Å². The van der Waals surface area contributed by atoms with Crippen molar-refractivity contribution in [3.05, 3.63) is 48.0 Å². The summed E-state index contributed by atoms with van der Waals surface area (Å²) in [4.78, 5) is 4.89. The van der Waals surface area contributed by atoms with Crippen molar-refractivity contribution < 1.29 is 8.42 Å². The third kappa shape index (κ3) is 2.61. The van der Waals surface area contributed by atoms with E-state index in [-0.39, 0.29) is 5.92 Å². The zero-order chi connectivity index (χ0) is 15.0. The SMILES string of the molecule is Cc1cn(C)c([C@H]2CCN(S(=O)(=O)c3ccccc3)C2)n1. The maximum absolute atomic E-state index is 12.6. The van der Waals surface area contributed by atoms with Crippen molar-refractivity contribution in [3.63, 3.8) is 0 Å². The Bertz CT molecular complexity index is 738. The number of aromatic nitrogens is 2. The van der Waals surface area contributed by atoms with E-state index in [4.69, 9.17) is 0 Å². The molecule has 1 aliphatic rings. The third-order valence-electron chi connectivity index (χ3n) is 3.93. The highest BCUT2D eigenvalue weighted by atomic mass is 32.2. The van der Waals surface area contributed by atoms with Crippen molar-refractivity contribution in [1.29, 1.82) is 0 Å². The van der Waals surface area contributed by atoms with Crippen molar-refractivity contribution >= 4 is 10.0 Å². The monoisotopic (exact) mass is 305 g/mol. The van der Waals surface area contributed by atoms with E-state index in [1.165, 1.54) is 0 Å². The van der Waals surface area contributed by atoms with Crippen molar-refractivity contribution in [2.45, 2.75) is 24.2 Å². The van der Waals surface area contributed by atoms with Gasteiger partial charge in [-0.2, -0.15) is 4.31 Å². The average molecular weight is 305 g/mol. The molecular weight excluding hydrogens is 286 g/mol. The Morgan fingerprint density at radius 3 is 2.57 bits per heavy atom. The molecule has 1 aromatic heterocycles. The number of rotatable bonds is 3. The standard InChI is InChI=1S/C15H19N3O2S/c1-12-10-17(2)15(16-12)13-8-9-18(11-13)21(19,20)14-6-4-3-5-7-14/h3-7,10,13H,8-9,11H2,1-2H3/t13-/m0/s1. The minimum Gasteiger partial charge on any atom is -0.337 e. The quantitative estimate of drug-likeness (QED) is 0.870. The fourth-order valence-corrected chi connectivity index (χ4v) is 4.43. The fourth-order valence-electron chi connectivity index (χ4n) is 2.91. The molecule has 0 unspecified atom stereocenters. The Labute approximate surface area is 125 Å². The maximum Gasteiger partial charge on any atom is 0.243 e. The van der Waals surface area contributed by atoms with Crippen LogP contribution in [0.15, 0.2) is 41.4 Å². The van der Waals surface area contributed by atoms with Gasteiger partial charge in [0.15, 0.2) is 0 Å².